The van der Waals surface area contributed by atoms with E-state index in [2.05, 4.69) is 30.1 Å². The maximum atomic E-state index is 12.3. The van der Waals surface area contributed by atoms with Crippen LogP contribution in [-0.2, 0) is 0 Å². The summed E-state index contributed by atoms with van der Waals surface area (Å²) in [5.41, 5.74) is 0.608. The number of ether oxygens (including phenoxy) is 1. The van der Waals surface area contributed by atoms with Crippen LogP contribution in [0.5, 0.6) is 5.88 Å². The van der Waals surface area contributed by atoms with Gasteiger partial charge in [-0.25, -0.2) is 19.6 Å². The Morgan fingerprint density at radius 2 is 2.08 bits per heavy atom. The molecular formula is C15H11F3N6O2. The highest BCUT2D eigenvalue weighted by Crippen LogP contribution is 2.18. The number of carbonyl (C=O) groups excluding carboxylic acids is 1. The molecule has 1 amide bonds. The first kappa shape index (κ1) is 17.3. The first-order valence-electron chi connectivity index (χ1n) is 7.19. The smallest absolute Gasteiger partial charge is 0.422 e. The fraction of sp³-hybridized carbons (Fsp3) is 0.133. The zero-order valence-corrected chi connectivity index (χ0v) is 13.0. The van der Waals surface area contributed by atoms with Crippen molar-refractivity contribution in [3.63, 3.8) is 0 Å². The number of halogens is 3. The summed E-state index contributed by atoms with van der Waals surface area (Å²) in [4.78, 5) is 23.9. The van der Waals surface area contributed by atoms with Crippen LogP contribution in [0.3, 0.4) is 0 Å². The van der Waals surface area contributed by atoms with Gasteiger partial charge in [-0.1, -0.05) is 0 Å². The number of carbonyl (C=O) groups is 1. The summed E-state index contributed by atoms with van der Waals surface area (Å²) in [7, 11) is 0. The molecular weight excluding hydrogens is 353 g/mol. The first-order chi connectivity index (χ1) is 12.4. The van der Waals surface area contributed by atoms with Crippen molar-refractivity contribution in [3.05, 3.63) is 54.9 Å². The van der Waals surface area contributed by atoms with Crippen molar-refractivity contribution < 1.29 is 22.7 Å². The Balaban J connectivity index is 1.66. The molecule has 0 aliphatic heterocycles. The minimum absolute atomic E-state index is 0.197. The molecule has 0 spiro atoms. The lowest BCUT2D eigenvalue weighted by Crippen LogP contribution is -2.19. The van der Waals surface area contributed by atoms with Crippen LogP contribution in [0.1, 0.15) is 10.4 Å². The topological polar surface area (TPSA) is 94.8 Å². The highest BCUT2D eigenvalue weighted by molar-refractivity contribution is 6.04. The number of anilines is 1. The number of amides is 1. The van der Waals surface area contributed by atoms with E-state index in [-0.39, 0.29) is 5.88 Å². The molecule has 0 unspecified atom stereocenters. The molecule has 1 N–H and O–H groups in total. The zero-order chi connectivity index (χ0) is 18.6. The molecule has 0 radical (unpaired) electrons. The molecule has 0 fully saturated rings. The van der Waals surface area contributed by atoms with Crippen molar-refractivity contribution in [1.29, 1.82) is 0 Å². The first-order valence-corrected chi connectivity index (χ1v) is 7.19. The fourth-order valence-electron chi connectivity index (χ4n) is 1.91. The molecule has 0 atom stereocenters. The van der Waals surface area contributed by atoms with Gasteiger partial charge in [-0.15, -0.1) is 0 Å². The Morgan fingerprint density at radius 3 is 2.73 bits per heavy atom. The van der Waals surface area contributed by atoms with Gasteiger partial charge in [0, 0.05) is 17.8 Å². The van der Waals surface area contributed by atoms with E-state index in [9.17, 15) is 18.0 Å². The summed E-state index contributed by atoms with van der Waals surface area (Å²) in [6.07, 6.45) is 0.967. The second-order valence-electron chi connectivity index (χ2n) is 4.99. The normalized spacial score (nSPS) is 11.2. The van der Waals surface area contributed by atoms with Crippen molar-refractivity contribution in [2.24, 2.45) is 0 Å². The fourth-order valence-corrected chi connectivity index (χ4v) is 1.91. The minimum Gasteiger partial charge on any atom is -0.468 e. The van der Waals surface area contributed by atoms with Gasteiger partial charge in [-0.05, 0) is 18.2 Å². The minimum atomic E-state index is -4.45. The SMILES string of the molecule is O=C(Nc1ccc(OCC(F)(F)F)nc1)c1ccnc(-n2cncn2)c1. The standard InChI is InChI=1S/C15H11F3N6O2/c16-15(17,18)7-26-13-2-1-11(6-21-13)23-14(25)10-3-4-20-12(5-10)24-9-19-8-22-24/h1-6,8-9H,7H2,(H,23,25). The lowest BCUT2D eigenvalue weighted by Gasteiger charge is -2.09. The molecule has 26 heavy (non-hydrogen) atoms. The molecule has 8 nitrogen and oxygen atoms in total. The van der Waals surface area contributed by atoms with Gasteiger partial charge < -0.3 is 10.1 Å². The Bertz CT molecular complexity index is 881. The second-order valence-corrected chi connectivity index (χ2v) is 4.99. The van der Waals surface area contributed by atoms with Gasteiger partial charge in [0.1, 0.15) is 12.7 Å². The summed E-state index contributed by atoms with van der Waals surface area (Å²) in [5.74, 6) is -0.235. The molecule has 0 saturated carbocycles. The molecule has 0 aliphatic rings. The van der Waals surface area contributed by atoms with Crippen LogP contribution in [0.4, 0.5) is 18.9 Å². The van der Waals surface area contributed by atoms with E-state index in [0.717, 1.165) is 0 Å². The number of nitrogens with one attached hydrogen (secondary N) is 1. The molecule has 11 heteroatoms. The van der Waals surface area contributed by atoms with E-state index in [1.807, 2.05) is 0 Å². The molecule has 0 bridgehead atoms. The van der Waals surface area contributed by atoms with Crippen molar-refractivity contribution in [2.75, 3.05) is 11.9 Å². The highest BCUT2D eigenvalue weighted by atomic mass is 19.4. The molecule has 3 aromatic rings. The number of alkyl halides is 3. The van der Waals surface area contributed by atoms with Crippen LogP contribution >= 0.6 is 0 Å². The Kier molecular flexibility index (Phi) is 4.78. The lowest BCUT2D eigenvalue weighted by molar-refractivity contribution is -0.154. The van der Waals surface area contributed by atoms with Gasteiger partial charge in [0.2, 0.25) is 5.88 Å². The van der Waals surface area contributed by atoms with E-state index in [1.54, 1.807) is 0 Å². The van der Waals surface area contributed by atoms with Crippen molar-refractivity contribution in [3.8, 4) is 11.7 Å². The van der Waals surface area contributed by atoms with Gasteiger partial charge in [0.15, 0.2) is 12.4 Å². The second kappa shape index (κ2) is 7.17. The van der Waals surface area contributed by atoms with Crippen LogP contribution in [0, 0.1) is 0 Å². The molecule has 0 aliphatic carbocycles. The van der Waals surface area contributed by atoms with Gasteiger partial charge in [0.25, 0.3) is 5.91 Å². The third kappa shape index (κ3) is 4.53. The van der Waals surface area contributed by atoms with E-state index in [4.69, 9.17) is 0 Å². The van der Waals surface area contributed by atoms with Crippen molar-refractivity contribution in [1.82, 2.24) is 24.7 Å². The van der Waals surface area contributed by atoms with Crippen LogP contribution in [0.25, 0.3) is 5.82 Å². The summed E-state index contributed by atoms with van der Waals surface area (Å²) in [6.45, 7) is -1.44. The van der Waals surface area contributed by atoms with Gasteiger partial charge >= 0.3 is 6.18 Å². The number of pyridine rings is 2. The Morgan fingerprint density at radius 1 is 1.23 bits per heavy atom. The van der Waals surface area contributed by atoms with E-state index < -0.39 is 18.7 Å². The van der Waals surface area contributed by atoms with E-state index >= 15 is 0 Å². The summed E-state index contributed by atoms with van der Waals surface area (Å²) in [5, 5.41) is 6.50. The monoisotopic (exact) mass is 364 g/mol. The maximum absolute atomic E-state index is 12.3. The van der Waals surface area contributed by atoms with Crippen molar-refractivity contribution in [2.45, 2.75) is 6.18 Å². The average Bonchev–Trinajstić information content (AvgIpc) is 3.15. The molecule has 3 rings (SSSR count). The van der Waals surface area contributed by atoms with Crippen LogP contribution in [0.2, 0.25) is 0 Å². The maximum Gasteiger partial charge on any atom is 0.422 e. The van der Waals surface area contributed by atoms with Gasteiger partial charge in [0.05, 0.1) is 11.9 Å². The van der Waals surface area contributed by atoms with Gasteiger partial charge in [-0.2, -0.15) is 18.3 Å². The van der Waals surface area contributed by atoms with E-state index in [1.165, 1.54) is 54.0 Å². The summed E-state index contributed by atoms with van der Waals surface area (Å²) in [6, 6.07) is 5.63. The predicted molar refractivity (Wildman–Crippen MR) is 82.9 cm³/mol. The highest BCUT2D eigenvalue weighted by Gasteiger charge is 2.28. The van der Waals surface area contributed by atoms with Crippen molar-refractivity contribution >= 4 is 11.6 Å². The largest absolute Gasteiger partial charge is 0.468 e. The van der Waals surface area contributed by atoms with Crippen LogP contribution in [-0.4, -0.2) is 43.4 Å². The number of aromatic nitrogens is 5. The van der Waals surface area contributed by atoms with Crippen LogP contribution in [0.15, 0.2) is 49.3 Å². The molecule has 0 saturated heterocycles. The number of nitrogens with zero attached hydrogens (tertiary/aromatic N) is 5. The third-order valence-corrected chi connectivity index (χ3v) is 3.04. The van der Waals surface area contributed by atoms with Gasteiger partial charge in [-0.3, -0.25) is 4.79 Å². The Labute approximate surface area is 144 Å². The quantitative estimate of drug-likeness (QED) is 0.746. The summed E-state index contributed by atoms with van der Waals surface area (Å²) >= 11 is 0. The van der Waals surface area contributed by atoms with Crippen LogP contribution < -0.4 is 10.1 Å². The number of hydrogen-bond donors (Lipinski definition) is 1. The summed E-state index contributed by atoms with van der Waals surface area (Å²) < 4.78 is 42.2. The third-order valence-electron chi connectivity index (χ3n) is 3.04. The predicted octanol–water partition coefficient (Wildman–Crippen LogP) is 2.25. The molecule has 3 heterocycles. The zero-order valence-electron chi connectivity index (χ0n) is 13.0. The lowest BCUT2D eigenvalue weighted by atomic mass is 10.2. The Hall–Kier alpha value is -3.50. The molecule has 3 aromatic heterocycles. The average molecular weight is 364 g/mol. The number of hydrogen-bond acceptors (Lipinski definition) is 6. The molecule has 0 aromatic carbocycles. The van der Waals surface area contributed by atoms with E-state index in [0.29, 0.717) is 17.1 Å². The number of rotatable bonds is 5. The molecule has 134 valence electrons.